The van der Waals surface area contributed by atoms with Gasteiger partial charge in [0, 0.05) is 31.5 Å². The molecule has 1 fully saturated rings. The van der Waals surface area contributed by atoms with Crippen molar-refractivity contribution in [3.63, 3.8) is 0 Å². The average Bonchev–Trinajstić information content (AvgIpc) is 2.39. The van der Waals surface area contributed by atoms with Gasteiger partial charge >= 0.3 is 0 Å². The van der Waals surface area contributed by atoms with Crippen molar-refractivity contribution in [3.8, 4) is 0 Å². The number of rotatable bonds is 6. The number of ether oxygens (including phenoxy) is 1. The minimum Gasteiger partial charge on any atom is -0.377 e. The van der Waals surface area contributed by atoms with Gasteiger partial charge in [-0.05, 0) is 40.2 Å². The maximum atomic E-state index is 5.78. The monoisotopic (exact) mass is 278 g/mol. The lowest BCUT2D eigenvalue weighted by atomic mass is 10.1. The Hall–Kier alpha value is -1.20. The quantitative estimate of drug-likeness (QED) is 0.864. The van der Waals surface area contributed by atoms with Crippen LogP contribution in [0.3, 0.4) is 0 Å². The fraction of sp³-hybridized carbons (Fsp3) is 0.733. The fourth-order valence-corrected chi connectivity index (χ4v) is 2.58. The number of hydrogen-bond acceptors (Lipinski definition) is 5. The van der Waals surface area contributed by atoms with Gasteiger partial charge in [-0.1, -0.05) is 0 Å². The molecule has 1 saturated heterocycles. The van der Waals surface area contributed by atoms with Gasteiger partial charge in [0.15, 0.2) is 0 Å². The number of anilines is 1. The SMILES string of the molecule is CCNc1cc(C)nc(CN(C)CC2CCCCO2)n1. The van der Waals surface area contributed by atoms with Gasteiger partial charge in [0.05, 0.1) is 12.6 Å². The zero-order chi connectivity index (χ0) is 14.4. The highest BCUT2D eigenvalue weighted by Crippen LogP contribution is 2.14. The van der Waals surface area contributed by atoms with Crippen LogP contribution in [0.15, 0.2) is 6.07 Å². The van der Waals surface area contributed by atoms with Crippen molar-refractivity contribution in [2.24, 2.45) is 0 Å². The molecule has 2 heterocycles. The number of hydrogen-bond donors (Lipinski definition) is 1. The Labute approximate surface area is 121 Å². The third-order valence-corrected chi connectivity index (χ3v) is 3.46. The Bertz CT molecular complexity index is 418. The first-order chi connectivity index (χ1) is 9.67. The van der Waals surface area contributed by atoms with E-state index in [1.807, 2.05) is 13.0 Å². The molecule has 0 spiro atoms. The number of aromatic nitrogens is 2. The maximum Gasteiger partial charge on any atom is 0.144 e. The minimum atomic E-state index is 0.367. The van der Waals surface area contributed by atoms with E-state index in [0.717, 1.165) is 43.6 Å². The van der Waals surface area contributed by atoms with E-state index in [1.165, 1.54) is 19.3 Å². The molecule has 0 saturated carbocycles. The van der Waals surface area contributed by atoms with Gasteiger partial charge in [-0.15, -0.1) is 0 Å². The molecule has 1 unspecified atom stereocenters. The van der Waals surface area contributed by atoms with Gasteiger partial charge in [0.1, 0.15) is 11.6 Å². The molecule has 0 aromatic carbocycles. The van der Waals surface area contributed by atoms with Crippen molar-refractivity contribution in [1.29, 1.82) is 0 Å². The second kappa shape index (κ2) is 7.55. The predicted octanol–water partition coefficient (Wildman–Crippen LogP) is 2.22. The lowest BCUT2D eigenvalue weighted by Crippen LogP contribution is -2.33. The van der Waals surface area contributed by atoms with Crippen LogP contribution in [0.5, 0.6) is 0 Å². The van der Waals surface area contributed by atoms with E-state index < -0.39 is 0 Å². The third-order valence-electron chi connectivity index (χ3n) is 3.46. The molecule has 1 aromatic heterocycles. The molecular weight excluding hydrogens is 252 g/mol. The predicted molar refractivity (Wildman–Crippen MR) is 80.9 cm³/mol. The van der Waals surface area contributed by atoms with E-state index in [9.17, 15) is 0 Å². The van der Waals surface area contributed by atoms with E-state index >= 15 is 0 Å². The van der Waals surface area contributed by atoms with Crippen molar-refractivity contribution >= 4 is 5.82 Å². The van der Waals surface area contributed by atoms with Crippen LogP contribution < -0.4 is 5.32 Å². The molecule has 1 aromatic rings. The zero-order valence-electron chi connectivity index (χ0n) is 12.9. The molecule has 0 bridgehead atoms. The molecule has 5 nitrogen and oxygen atoms in total. The first-order valence-corrected chi connectivity index (χ1v) is 7.56. The van der Waals surface area contributed by atoms with Gasteiger partial charge in [-0.2, -0.15) is 0 Å². The largest absolute Gasteiger partial charge is 0.377 e. The van der Waals surface area contributed by atoms with E-state index in [0.29, 0.717) is 6.10 Å². The molecule has 112 valence electrons. The Morgan fingerprint density at radius 2 is 2.25 bits per heavy atom. The van der Waals surface area contributed by atoms with Crippen molar-refractivity contribution in [2.45, 2.75) is 45.8 Å². The van der Waals surface area contributed by atoms with Crippen LogP contribution in [0.2, 0.25) is 0 Å². The summed E-state index contributed by atoms with van der Waals surface area (Å²) in [6.45, 7) is 7.58. The fourth-order valence-electron chi connectivity index (χ4n) is 2.58. The highest BCUT2D eigenvalue weighted by molar-refractivity contribution is 5.35. The molecule has 1 atom stereocenters. The molecule has 1 aliphatic rings. The van der Waals surface area contributed by atoms with Gasteiger partial charge in [-0.25, -0.2) is 9.97 Å². The van der Waals surface area contributed by atoms with Gasteiger partial charge < -0.3 is 10.1 Å². The highest BCUT2D eigenvalue weighted by Gasteiger charge is 2.16. The van der Waals surface area contributed by atoms with Gasteiger partial charge in [-0.3, -0.25) is 4.90 Å². The molecule has 0 radical (unpaired) electrons. The topological polar surface area (TPSA) is 50.3 Å². The number of nitrogens with one attached hydrogen (secondary N) is 1. The van der Waals surface area contributed by atoms with Crippen LogP contribution in [0.25, 0.3) is 0 Å². The van der Waals surface area contributed by atoms with Gasteiger partial charge in [0.25, 0.3) is 0 Å². The standard InChI is InChI=1S/C15H26N4O/c1-4-16-14-9-12(2)17-15(18-14)11-19(3)10-13-7-5-6-8-20-13/h9,13H,4-8,10-11H2,1-3H3,(H,16,17,18). The Kier molecular flexibility index (Phi) is 5.73. The van der Waals surface area contributed by atoms with Crippen LogP contribution in [0.4, 0.5) is 5.82 Å². The maximum absolute atomic E-state index is 5.78. The van der Waals surface area contributed by atoms with Gasteiger partial charge in [0.2, 0.25) is 0 Å². The summed E-state index contributed by atoms with van der Waals surface area (Å²) in [5, 5.41) is 3.25. The van der Waals surface area contributed by atoms with Crippen LogP contribution in [-0.2, 0) is 11.3 Å². The Morgan fingerprint density at radius 1 is 1.40 bits per heavy atom. The first kappa shape index (κ1) is 15.2. The first-order valence-electron chi connectivity index (χ1n) is 7.56. The van der Waals surface area contributed by atoms with E-state index in [2.05, 4.69) is 34.2 Å². The summed E-state index contributed by atoms with van der Waals surface area (Å²) in [5.74, 6) is 1.79. The third kappa shape index (κ3) is 4.72. The van der Waals surface area contributed by atoms with Crippen molar-refractivity contribution in [1.82, 2.24) is 14.9 Å². The Morgan fingerprint density at radius 3 is 2.95 bits per heavy atom. The molecule has 1 aliphatic heterocycles. The summed E-state index contributed by atoms with van der Waals surface area (Å²) in [7, 11) is 2.11. The van der Waals surface area contributed by atoms with Crippen molar-refractivity contribution < 1.29 is 4.74 Å². The van der Waals surface area contributed by atoms with Crippen LogP contribution in [-0.4, -0.2) is 47.7 Å². The summed E-state index contributed by atoms with van der Waals surface area (Å²) in [6.07, 6.45) is 4.02. The second-order valence-corrected chi connectivity index (χ2v) is 5.53. The molecular formula is C15H26N4O. The molecule has 0 amide bonds. The minimum absolute atomic E-state index is 0.367. The molecule has 1 N–H and O–H groups in total. The number of likely N-dealkylation sites (N-methyl/N-ethyl adjacent to an activating group) is 1. The van der Waals surface area contributed by atoms with Crippen LogP contribution in [0.1, 0.15) is 37.7 Å². The lowest BCUT2D eigenvalue weighted by molar-refractivity contribution is -0.00291. The normalized spacial score (nSPS) is 19.3. The number of aryl methyl sites for hydroxylation is 1. The number of nitrogens with zero attached hydrogens (tertiary/aromatic N) is 3. The smallest absolute Gasteiger partial charge is 0.144 e. The summed E-state index contributed by atoms with van der Waals surface area (Å²) in [6, 6.07) is 1.98. The second-order valence-electron chi connectivity index (χ2n) is 5.53. The Balaban J connectivity index is 1.90. The zero-order valence-corrected chi connectivity index (χ0v) is 12.9. The average molecular weight is 278 g/mol. The van der Waals surface area contributed by atoms with Crippen LogP contribution in [0, 0.1) is 6.92 Å². The van der Waals surface area contributed by atoms with E-state index in [4.69, 9.17) is 4.74 Å². The summed E-state index contributed by atoms with van der Waals surface area (Å²) in [4.78, 5) is 11.3. The van der Waals surface area contributed by atoms with E-state index in [-0.39, 0.29) is 0 Å². The summed E-state index contributed by atoms with van der Waals surface area (Å²) < 4.78 is 5.78. The summed E-state index contributed by atoms with van der Waals surface area (Å²) in [5.41, 5.74) is 1.01. The lowest BCUT2D eigenvalue weighted by Gasteiger charge is -2.27. The molecule has 5 heteroatoms. The van der Waals surface area contributed by atoms with Crippen molar-refractivity contribution in [2.75, 3.05) is 32.1 Å². The molecule has 0 aliphatic carbocycles. The molecule has 2 rings (SSSR count). The highest BCUT2D eigenvalue weighted by atomic mass is 16.5. The van der Waals surface area contributed by atoms with E-state index in [1.54, 1.807) is 0 Å². The van der Waals surface area contributed by atoms with Crippen LogP contribution >= 0.6 is 0 Å². The van der Waals surface area contributed by atoms with Crippen molar-refractivity contribution in [3.05, 3.63) is 17.6 Å². The molecule has 20 heavy (non-hydrogen) atoms. The summed E-state index contributed by atoms with van der Waals surface area (Å²) >= 11 is 0.